The van der Waals surface area contributed by atoms with Crippen LogP contribution in [0.3, 0.4) is 0 Å². The van der Waals surface area contributed by atoms with Crippen molar-refractivity contribution in [2.75, 3.05) is 44.3 Å². The number of hydrogen-bond donors (Lipinski definition) is 1. The van der Waals surface area contributed by atoms with Crippen molar-refractivity contribution in [2.45, 2.75) is 101 Å². The van der Waals surface area contributed by atoms with Crippen molar-refractivity contribution < 1.29 is 27.8 Å². The van der Waals surface area contributed by atoms with Gasteiger partial charge in [-0.25, -0.2) is 23.1 Å². The number of morpholine rings is 1. The van der Waals surface area contributed by atoms with Gasteiger partial charge in [0.1, 0.15) is 24.2 Å². The van der Waals surface area contributed by atoms with Crippen LogP contribution >= 0.6 is 0 Å². The lowest BCUT2D eigenvalue weighted by Gasteiger charge is -2.36. The monoisotopic (exact) mass is 862 g/mol. The molecule has 1 N–H and O–H groups in total. The predicted molar refractivity (Wildman–Crippen MR) is 230 cm³/mol. The van der Waals surface area contributed by atoms with E-state index >= 15 is 0 Å². The maximum Gasteiger partial charge on any atom is 0.329 e. The first-order chi connectivity index (χ1) is 30.6. The number of fused-ring (bicyclic) bond motifs is 4. The number of allylic oxidation sites excluding steroid dienone is 1. The Morgan fingerprint density at radius 2 is 1.90 bits per heavy atom. The lowest BCUT2D eigenvalue weighted by molar-refractivity contribution is -0.124. The highest BCUT2D eigenvalue weighted by Crippen LogP contribution is 2.36. The van der Waals surface area contributed by atoms with Gasteiger partial charge in [-0.3, -0.25) is 23.4 Å². The fraction of sp³-hybridized carbons (Fsp3) is 0.522. The number of halogens is 2. The minimum Gasteiger partial charge on any atom is -0.374 e. The Morgan fingerprint density at radius 1 is 1.08 bits per heavy atom. The van der Waals surface area contributed by atoms with Crippen molar-refractivity contribution in [1.82, 2.24) is 43.7 Å². The molecule has 5 fully saturated rings. The van der Waals surface area contributed by atoms with E-state index in [1.807, 2.05) is 24.3 Å². The Bertz CT molecular complexity index is 2690. The molecule has 1 aliphatic carbocycles. The molecule has 10 rings (SSSR count). The minimum atomic E-state index is -2.80. The molecule has 1 aromatic carbocycles. The van der Waals surface area contributed by atoms with Gasteiger partial charge in [-0.15, -0.1) is 0 Å². The van der Waals surface area contributed by atoms with Gasteiger partial charge in [-0.05, 0) is 81.9 Å². The number of ether oxygens (including phenoxy) is 2. The molecule has 0 radical (unpaired) electrons. The SMILES string of the molecule is C=C1CCC(n2c(=O)n(C)c3c(C#CCOC4CCN(CC5CCC(n6cc(CC(=O)c7cnn8ccc(N9C[C@H]%10C[C@@H]9CO%10)nc78)c(C(F)F)n6)CC5)CC4)cccc32)C(=O)N1. The van der Waals surface area contributed by atoms with Gasteiger partial charge in [0.2, 0.25) is 5.91 Å². The summed E-state index contributed by atoms with van der Waals surface area (Å²) in [6, 6.07) is 7.15. The molecule has 330 valence electrons. The normalized spacial score (nSPS) is 24.4. The Labute approximate surface area is 363 Å². The lowest BCUT2D eigenvalue weighted by Crippen LogP contribution is -2.40. The van der Waals surface area contributed by atoms with E-state index in [1.165, 1.54) is 6.20 Å². The van der Waals surface area contributed by atoms with Crippen LogP contribution in [0.4, 0.5) is 14.6 Å². The van der Waals surface area contributed by atoms with E-state index in [2.05, 4.69) is 43.7 Å². The topological polar surface area (TPSA) is 146 Å². The zero-order chi connectivity index (χ0) is 43.4. The third kappa shape index (κ3) is 8.08. The number of para-hydroxylation sites is 1. The summed E-state index contributed by atoms with van der Waals surface area (Å²) in [4.78, 5) is 49.2. The fourth-order valence-corrected chi connectivity index (χ4v) is 10.5. The van der Waals surface area contributed by atoms with Crippen molar-refractivity contribution in [3.8, 4) is 11.8 Å². The maximum absolute atomic E-state index is 14.3. The second kappa shape index (κ2) is 17.1. The number of aromatic nitrogens is 7. The second-order valence-corrected chi connectivity index (χ2v) is 17.8. The largest absolute Gasteiger partial charge is 0.374 e. The van der Waals surface area contributed by atoms with Crippen LogP contribution in [-0.2, 0) is 27.7 Å². The van der Waals surface area contributed by atoms with E-state index in [0.29, 0.717) is 58.9 Å². The van der Waals surface area contributed by atoms with Crippen molar-refractivity contribution >= 4 is 34.2 Å². The molecule has 5 aliphatic rings. The minimum absolute atomic E-state index is 0.000135. The highest BCUT2D eigenvalue weighted by molar-refractivity contribution is 6.02. The van der Waals surface area contributed by atoms with Crippen LogP contribution < -0.4 is 15.9 Å². The van der Waals surface area contributed by atoms with Gasteiger partial charge in [-0.1, -0.05) is 24.5 Å². The first-order valence-corrected chi connectivity index (χ1v) is 22.2. The molecule has 3 atom stereocenters. The quantitative estimate of drug-likeness (QED) is 0.140. The zero-order valence-corrected chi connectivity index (χ0v) is 35.4. The summed E-state index contributed by atoms with van der Waals surface area (Å²) >= 11 is 0. The number of benzene rings is 1. The molecule has 63 heavy (non-hydrogen) atoms. The van der Waals surface area contributed by atoms with Gasteiger partial charge < -0.3 is 24.6 Å². The number of anilines is 1. The van der Waals surface area contributed by atoms with E-state index in [9.17, 15) is 23.2 Å². The van der Waals surface area contributed by atoms with Gasteiger partial charge in [0.05, 0.1) is 59.3 Å². The second-order valence-electron chi connectivity index (χ2n) is 17.8. The number of ketones is 1. The standard InChI is InChI=1S/C46H52F2N10O5/c1-28-8-13-38(45(60)50-28)58-37-7-3-5-30(42(37)53(2)46(58)61)6-4-20-62-34-14-17-54(18-15-34)24-29-9-11-32(12-10-29)57-25-31(41(52-57)43(47)48)21-39(59)36-23-49-56-19-16-40(51-44(36)56)55-26-35-22-33(55)27-63-35/h3,5,7,16,19,23,25,29,32-35,38,43H,1,8-15,17-18,20-22,24,26-27H2,2H3,(H,50,60)/t29?,32?,33-,35-,38?/m1/s1. The van der Waals surface area contributed by atoms with Gasteiger partial charge in [0.15, 0.2) is 11.4 Å². The molecule has 5 aromatic rings. The summed E-state index contributed by atoms with van der Waals surface area (Å²) in [7, 11) is 1.71. The molecule has 15 nitrogen and oxygen atoms in total. The van der Waals surface area contributed by atoms with Gasteiger partial charge >= 0.3 is 5.69 Å². The number of hydrogen-bond acceptors (Lipinski definition) is 10. The molecular weight excluding hydrogens is 811 g/mol. The van der Waals surface area contributed by atoms with Crippen LogP contribution in [0.5, 0.6) is 0 Å². The number of aryl methyl sites for hydroxylation is 1. The van der Waals surface area contributed by atoms with Crippen LogP contribution in [0, 0.1) is 17.8 Å². The third-order valence-electron chi connectivity index (χ3n) is 13.8. The predicted octanol–water partition coefficient (Wildman–Crippen LogP) is 5.15. The van der Waals surface area contributed by atoms with E-state index in [1.54, 1.807) is 37.8 Å². The average molecular weight is 863 g/mol. The number of nitrogens with zero attached hydrogens (tertiary/aromatic N) is 9. The number of imidazole rings is 1. The van der Waals surface area contributed by atoms with E-state index < -0.39 is 12.5 Å². The molecule has 4 saturated heterocycles. The molecule has 4 aromatic heterocycles. The molecular formula is C46H52F2N10O5. The number of rotatable bonds is 11. The third-order valence-corrected chi connectivity index (χ3v) is 13.8. The molecule has 8 heterocycles. The smallest absolute Gasteiger partial charge is 0.329 e. The molecule has 0 spiro atoms. The number of likely N-dealkylation sites (tertiary alicyclic amines) is 1. The molecule has 1 unspecified atom stereocenters. The van der Waals surface area contributed by atoms with Gasteiger partial charge in [-0.2, -0.15) is 10.2 Å². The van der Waals surface area contributed by atoms with Crippen molar-refractivity contribution in [1.29, 1.82) is 0 Å². The Balaban J connectivity index is 0.700. The van der Waals surface area contributed by atoms with Crippen molar-refractivity contribution in [3.05, 3.63) is 88.0 Å². The number of amides is 1. The molecule has 4 aliphatic heterocycles. The number of nitrogens with one attached hydrogen (secondary N) is 1. The summed E-state index contributed by atoms with van der Waals surface area (Å²) in [5, 5.41) is 11.5. The Kier molecular flexibility index (Phi) is 11.2. The van der Waals surface area contributed by atoms with Crippen LogP contribution in [0.15, 0.2) is 59.9 Å². The number of carbonyl (C=O) groups is 2. The van der Waals surface area contributed by atoms with E-state index in [0.717, 1.165) is 76.9 Å². The summed E-state index contributed by atoms with van der Waals surface area (Å²) in [5.41, 5.74) is 3.13. The average Bonchev–Trinajstić information content (AvgIpc) is 4.13. The molecule has 1 amide bonds. The highest BCUT2D eigenvalue weighted by atomic mass is 19.3. The van der Waals surface area contributed by atoms with Crippen LogP contribution in [0.25, 0.3) is 16.7 Å². The van der Waals surface area contributed by atoms with E-state index in [4.69, 9.17) is 14.5 Å². The van der Waals surface area contributed by atoms with E-state index in [-0.39, 0.29) is 66.0 Å². The number of alkyl halides is 2. The van der Waals surface area contributed by atoms with Crippen molar-refractivity contribution in [3.63, 3.8) is 0 Å². The van der Waals surface area contributed by atoms with Crippen molar-refractivity contribution in [2.24, 2.45) is 13.0 Å². The first kappa shape index (κ1) is 41.3. The van der Waals surface area contributed by atoms with Crippen LogP contribution in [0.1, 0.15) is 103 Å². The number of carbonyl (C=O) groups excluding carboxylic acids is 2. The number of piperidine rings is 2. The van der Waals surface area contributed by atoms with Gasteiger partial charge in [0, 0.05) is 63.3 Å². The van der Waals surface area contributed by atoms with Crippen LogP contribution in [-0.4, -0.2) is 108 Å². The summed E-state index contributed by atoms with van der Waals surface area (Å²) < 4.78 is 47.0. The lowest BCUT2D eigenvalue weighted by atomic mass is 9.85. The zero-order valence-electron chi connectivity index (χ0n) is 35.4. The molecule has 1 saturated carbocycles. The maximum atomic E-state index is 14.3. The Morgan fingerprint density at radius 3 is 2.65 bits per heavy atom. The van der Waals surface area contributed by atoms with Gasteiger partial charge in [0.25, 0.3) is 6.43 Å². The summed E-state index contributed by atoms with van der Waals surface area (Å²) in [6.07, 6.45) is 9.75. The highest BCUT2D eigenvalue weighted by Gasteiger charge is 2.40. The molecule has 17 heteroatoms. The summed E-state index contributed by atoms with van der Waals surface area (Å²) in [6.45, 7) is 8.39. The fourth-order valence-electron chi connectivity index (χ4n) is 10.5. The van der Waals surface area contributed by atoms with Crippen LogP contribution in [0.2, 0.25) is 0 Å². The first-order valence-electron chi connectivity index (χ1n) is 22.2. The number of Topliss-reactive ketones (excluding diaryl/α,β-unsaturated/α-hetero) is 1. The summed E-state index contributed by atoms with van der Waals surface area (Å²) in [5.74, 6) is 7.09. The Hall–Kier alpha value is -5.70. The molecule has 2 bridgehead atoms.